The molecule has 9 nitrogen and oxygen atoms in total. The van der Waals surface area contributed by atoms with Crippen LogP contribution in [0.4, 0.5) is 10.1 Å². The summed E-state index contributed by atoms with van der Waals surface area (Å²) in [5.74, 6) is 0.682. The maximum Gasteiger partial charge on any atom is 0.269 e. The second-order valence-electron chi connectivity index (χ2n) is 9.42. The summed E-state index contributed by atoms with van der Waals surface area (Å²) in [6.07, 6.45) is 0.390. The van der Waals surface area contributed by atoms with Crippen molar-refractivity contribution in [2.45, 2.75) is 23.4 Å². The van der Waals surface area contributed by atoms with Gasteiger partial charge >= 0.3 is 0 Å². The van der Waals surface area contributed by atoms with Crippen molar-refractivity contribution in [3.8, 4) is 11.4 Å². The summed E-state index contributed by atoms with van der Waals surface area (Å²) >= 11 is 7.31. The van der Waals surface area contributed by atoms with Gasteiger partial charge in [-0.2, -0.15) is 0 Å². The van der Waals surface area contributed by atoms with Crippen molar-refractivity contribution in [2.24, 2.45) is 0 Å². The van der Waals surface area contributed by atoms with Gasteiger partial charge in [0.05, 0.1) is 11.0 Å². The number of thioether (sulfide) groups is 1. The summed E-state index contributed by atoms with van der Waals surface area (Å²) in [6, 6.07) is 27.8. The lowest BCUT2D eigenvalue weighted by Gasteiger charge is -2.20. The fourth-order valence-corrected chi connectivity index (χ4v) is 5.31. The molecule has 5 rings (SSSR count). The first-order valence-corrected chi connectivity index (χ1v) is 14.5. The van der Waals surface area contributed by atoms with Crippen molar-refractivity contribution < 1.29 is 18.8 Å². The lowest BCUT2D eigenvalue weighted by molar-refractivity contribution is -0.384. The van der Waals surface area contributed by atoms with Crippen LogP contribution in [0.3, 0.4) is 0 Å². The van der Waals surface area contributed by atoms with E-state index in [-0.39, 0.29) is 24.0 Å². The van der Waals surface area contributed by atoms with Crippen LogP contribution in [0.25, 0.3) is 5.69 Å². The van der Waals surface area contributed by atoms with Gasteiger partial charge in [0.2, 0.25) is 0 Å². The topological polar surface area (TPSA) is 112 Å². The van der Waals surface area contributed by atoms with Crippen LogP contribution in [0.1, 0.15) is 23.0 Å². The number of aromatic nitrogens is 3. The second-order valence-corrected chi connectivity index (χ2v) is 10.8. The lowest BCUT2D eigenvalue weighted by atomic mass is 10.0. The number of carbonyl (C=O) groups excluding carboxylic acids is 1. The number of nitrogens with one attached hydrogen (secondary N) is 1. The third-order valence-electron chi connectivity index (χ3n) is 6.37. The molecule has 0 aliphatic carbocycles. The van der Waals surface area contributed by atoms with Gasteiger partial charge in [0.15, 0.2) is 17.6 Å². The highest BCUT2D eigenvalue weighted by Gasteiger charge is 2.25. The molecule has 1 atom stereocenters. The SMILES string of the molecule is O=C(COc1ccc(Cl)cc1)NC(Cc1ccccc1)c1nnc(SCc2ccc(F)cc2)n1-c1ccc([N+](=O)[O-])cc1. The maximum atomic E-state index is 13.4. The molecule has 0 spiro atoms. The van der Waals surface area contributed by atoms with E-state index in [4.69, 9.17) is 16.3 Å². The third kappa shape index (κ3) is 7.97. The molecule has 5 aromatic rings. The van der Waals surface area contributed by atoms with E-state index in [0.29, 0.717) is 39.6 Å². The first kappa shape index (κ1) is 29.7. The van der Waals surface area contributed by atoms with Crippen LogP contribution < -0.4 is 10.1 Å². The second kappa shape index (κ2) is 14.0. The van der Waals surface area contributed by atoms with Crippen LogP contribution in [-0.4, -0.2) is 32.2 Å². The predicted octanol–water partition coefficient (Wildman–Crippen LogP) is 6.74. The Morgan fingerprint density at radius 3 is 2.33 bits per heavy atom. The van der Waals surface area contributed by atoms with Crippen molar-refractivity contribution >= 4 is 35.0 Å². The molecule has 4 aromatic carbocycles. The molecule has 1 N–H and O–H groups in total. The first-order valence-electron chi connectivity index (χ1n) is 13.1. The third-order valence-corrected chi connectivity index (χ3v) is 7.62. The van der Waals surface area contributed by atoms with Gasteiger partial charge in [0, 0.05) is 28.6 Å². The smallest absolute Gasteiger partial charge is 0.269 e. The van der Waals surface area contributed by atoms with Gasteiger partial charge in [0.1, 0.15) is 11.6 Å². The molecule has 0 saturated carbocycles. The van der Waals surface area contributed by atoms with Gasteiger partial charge in [-0.15, -0.1) is 10.2 Å². The number of nitrogens with zero attached hydrogens (tertiary/aromatic N) is 4. The number of hydrogen-bond acceptors (Lipinski definition) is 7. The summed E-state index contributed by atoms with van der Waals surface area (Å²) in [6.45, 7) is -0.245. The zero-order valence-corrected chi connectivity index (χ0v) is 24.2. The Labute approximate surface area is 255 Å². The zero-order chi connectivity index (χ0) is 30.2. The van der Waals surface area contributed by atoms with E-state index in [0.717, 1.165) is 11.1 Å². The van der Waals surface area contributed by atoms with E-state index in [2.05, 4.69) is 15.5 Å². The molecular weight excluding hydrogens is 593 g/mol. The molecule has 1 heterocycles. The normalized spacial score (nSPS) is 11.6. The molecular formula is C31H25ClFN5O4S. The summed E-state index contributed by atoms with van der Waals surface area (Å²) in [7, 11) is 0. The molecule has 0 aliphatic rings. The van der Waals surface area contributed by atoms with E-state index in [1.54, 1.807) is 53.1 Å². The summed E-state index contributed by atoms with van der Waals surface area (Å²) in [4.78, 5) is 24.0. The van der Waals surface area contributed by atoms with Crippen LogP contribution in [0, 0.1) is 15.9 Å². The van der Waals surface area contributed by atoms with E-state index in [1.165, 1.54) is 36.0 Å². The number of benzene rings is 4. The van der Waals surface area contributed by atoms with Crippen molar-refractivity contribution in [2.75, 3.05) is 6.61 Å². The van der Waals surface area contributed by atoms with Gasteiger partial charge in [-0.25, -0.2) is 4.39 Å². The fourth-order valence-electron chi connectivity index (χ4n) is 4.27. The molecule has 0 bridgehead atoms. The highest BCUT2D eigenvalue weighted by Crippen LogP contribution is 2.30. The average Bonchev–Trinajstić information content (AvgIpc) is 3.44. The first-order chi connectivity index (χ1) is 20.9. The molecule has 1 aromatic heterocycles. The number of nitro groups is 1. The molecule has 0 aliphatic heterocycles. The summed E-state index contributed by atoms with van der Waals surface area (Å²) < 4.78 is 20.9. The Bertz CT molecular complexity index is 1680. The summed E-state index contributed by atoms with van der Waals surface area (Å²) in [5.41, 5.74) is 2.34. The minimum atomic E-state index is -0.633. The Morgan fingerprint density at radius 2 is 1.65 bits per heavy atom. The molecule has 12 heteroatoms. The Balaban J connectivity index is 1.47. The Kier molecular flexibility index (Phi) is 9.65. The maximum absolute atomic E-state index is 13.4. The molecule has 218 valence electrons. The van der Waals surface area contributed by atoms with Gasteiger partial charge < -0.3 is 10.1 Å². The van der Waals surface area contributed by atoms with Gasteiger partial charge in [-0.05, 0) is 66.1 Å². The molecule has 0 fully saturated rings. The van der Waals surface area contributed by atoms with E-state index < -0.39 is 11.0 Å². The Morgan fingerprint density at radius 1 is 0.953 bits per heavy atom. The van der Waals surface area contributed by atoms with E-state index in [1.807, 2.05) is 30.3 Å². The molecule has 0 radical (unpaired) electrons. The van der Waals surface area contributed by atoms with Crippen molar-refractivity contribution in [3.05, 3.63) is 141 Å². The minimum absolute atomic E-state index is 0.0626. The number of rotatable bonds is 12. The monoisotopic (exact) mass is 617 g/mol. The molecule has 0 saturated heterocycles. The number of carbonyl (C=O) groups is 1. The highest BCUT2D eigenvalue weighted by atomic mass is 35.5. The van der Waals surface area contributed by atoms with Gasteiger partial charge in [-0.3, -0.25) is 19.5 Å². The van der Waals surface area contributed by atoms with Crippen molar-refractivity contribution in [1.29, 1.82) is 0 Å². The van der Waals surface area contributed by atoms with E-state index >= 15 is 0 Å². The standard InChI is InChI=1S/C31H25ClFN5O4S/c32-23-8-16-27(17-9-23)42-19-29(39)34-28(18-21-4-2-1-3-5-21)30-35-36-31(43-20-22-6-10-24(33)11-7-22)37(30)25-12-14-26(15-13-25)38(40)41/h1-17,28H,18-20H2,(H,34,39). The molecule has 1 unspecified atom stereocenters. The van der Waals surface area contributed by atoms with Crippen LogP contribution in [0.2, 0.25) is 5.02 Å². The van der Waals surface area contributed by atoms with Crippen molar-refractivity contribution in [1.82, 2.24) is 20.1 Å². The number of hydrogen-bond donors (Lipinski definition) is 1. The fraction of sp³-hybridized carbons (Fsp3) is 0.129. The largest absolute Gasteiger partial charge is 0.484 e. The zero-order valence-electron chi connectivity index (χ0n) is 22.6. The quantitative estimate of drug-likeness (QED) is 0.0937. The average molecular weight is 618 g/mol. The number of ether oxygens (including phenoxy) is 1. The van der Waals surface area contributed by atoms with Crippen LogP contribution in [0.5, 0.6) is 5.75 Å². The predicted molar refractivity (Wildman–Crippen MR) is 162 cm³/mol. The number of non-ortho nitro benzene ring substituents is 1. The van der Waals surface area contributed by atoms with Gasteiger partial charge in [-0.1, -0.05) is 65.8 Å². The number of halogens is 2. The van der Waals surface area contributed by atoms with Crippen LogP contribution in [0.15, 0.2) is 108 Å². The lowest BCUT2D eigenvalue weighted by Crippen LogP contribution is -2.35. The van der Waals surface area contributed by atoms with E-state index in [9.17, 15) is 19.3 Å². The number of nitro benzene ring substituents is 1. The van der Waals surface area contributed by atoms with Crippen LogP contribution in [-0.2, 0) is 17.0 Å². The summed E-state index contributed by atoms with van der Waals surface area (Å²) in [5, 5.41) is 24.3. The van der Waals surface area contributed by atoms with Crippen LogP contribution >= 0.6 is 23.4 Å². The van der Waals surface area contributed by atoms with Gasteiger partial charge in [0.25, 0.3) is 11.6 Å². The van der Waals surface area contributed by atoms with Crippen molar-refractivity contribution in [3.63, 3.8) is 0 Å². The number of amides is 1. The minimum Gasteiger partial charge on any atom is -0.484 e. The Hall–Kier alpha value is -4.74. The highest BCUT2D eigenvalue weighted by molar-refractivity contribution is 7.98. The molecule has 1 amide bonds. The molecule has 43 heavy (non-hydrogen) atoms.